The van der Waals surface area contributed by atoms with Crippen LogP contribution < -0.4 is 0 Å². The van der Waals surface area contributed by atoms with E-state index < -0.39 is 0 Å². The summed E-state index contributed by atoms with van der Waals surface area (Å²) in [5.41, 5.74) is 13.7. The summed E-state index contributed by atoms with van der Waals surface area (Å²) in [5.74, 6) is 0.839. The first-order valence-electron chi connectivity index (χ1n) is 19.6. The van der Waals surface area contributed by atoms with Crippen molar-refractivity contribution in [3.05, 3.63) is 170 Å². The topological polar surface area (TPSA) is 35.6 Å². The van der Waals surface area contributed by atoms with Gasteiger partial charge in [-0.1, -0.05) is 127 Å². The van der Waals surface area contributed by atoms with Gasteiger partial charge >= 0.3 is 0 Å². The summed E-state index contributed by atoms with van der Waals surface area (Å²) >= 11 is 3.55. The van der Waals surface area contributed by atoms with Crippen LogP contribution >= 0.6 is 22.7 Å². The van der Waals surface area contributed by atoms with Crippen molar-refractivity contribution >= 4 is 107 Å². The van der Waals surface area contributed by atoms with E-state index in [9.17, 15) is 0 Å². The highest BCUT2D eigenvalue weighted by Gasteiger charge is 2.30. The minimum absolute atomic E-state index is 0.839. The molecule has 13 aromatic rings. The average molecular weight is 773 g/mol. The molecule has 1 aliphatic heterocycles. The Kier molecular flexibility index (Phi) is 6.02. The second-order valence-corrected chi connectivity index (χ2v) is 17.4. The van der Waals surface area contributed by atoms with Crippen molar-refractivity contribution in [1.82, 2.24) is 19.1 Å². The molecule has 14 rings (SSSR count). The Labute approximate surface area is 339 Å². The van der Waals surface area contributed by atoms with Gasteiger partial charge in [0.25, 0.3) is 0 Å². The van der Waals surface area contributed by atoms with Gasteiger partial charge in [-0.3, -0.25) is 4.57 Å². The van der Waals surface area contributed by atoms with Crippen molar-refractivity contribution in [2.75, 3.05) is 0 Å². The maximum absolute atomic E-state index is 5.68. The molecule has 0 radical (unpaired) electrons. The lowest BCUT2D eigenvalue weighted by atomic mass is 9.91. The van der Waals surface area contributed by atoms with Gasteiger partial charge in [-0.25, -0.2) is 9.97 Å². The van der Waals surface area contributed by atoms with Gasteiger partial charge in [0.15, 0.2) is 5.82 Å². The molecule has 8 aromatic carbocycles. The van der Waals surface area contributed by atoms with Gasteiger partial charge in [-0.05, 0) is 53.6 Å². The molecule has 0 bridgehead atoms. The SMILES string of the molecule is c1ccc2c(c1)-c1ccccc1-n1c3ccccc3c3cc4c(c-2c31)c1ccccc1n4-c1nc2sc3ccccc3c2nc1-c1ccc2c(c1)sc1ccccc12. The third-order valence-electron chi connectivity index (χ3n) is 12.3. The summed E-state index contributed by atoms with van der Waals surface area (Å²) in [7, 11) is 0. The van der Waals surface area contributed by atoms with E-state index in [0.29, 0.717) is 0 Å². The minimum Gasteiger partial charge on any atom is -0.308 e. The third kappa shape index (κ3) is 3.98. The molecule has 1 aliphatic rings. The molecule has 0 N–H and O–H groups in total. The molecule has 0 fully saturated rings. The zero-order valence-electron chi connectivity index (χ0n) is 30.8. The van der Waals surface area contributed by atoms with Crippen molar-refractivity contribution in [3.8, 4) is 45.0 Å². The Hall–Kier alpha value is -7.12. The van der Waals surface area contributed by atoms with Crippen LogP contribution in [0.4, 0.5) is 0 Å². The van der Waals surface area contributed by atoms with Crippen molar-refractivity contribution in [2.45, 2.75) is 0 Å². The van der Waals surface area contributed by atoms with E-state index in [2.05, 4.69) is 179 Å². The number of hydrogen-bond acceptors (Lipinski definition) is 4. The first kappa shape index (κ1) is 31.0. The van der Waals surface area contributed by atoms with Crippen LogP contribution in [0.15, 0.2) is 170 Å². The molecule has 0 unspecified atom stereocenters. The van der Waals surface area contributed by atoms with Crippen molar-refractivity contribution in [3.63, 3.8) is 0 Å². The Bertz CT molecular complexity index is 3930. The summed E-state index contributed by atoms with van der Waals surface area (Å²) in [4.78, 5) is 12.3. The molecule has 5 aromatic heterocycles. The summed E-state index contributed by atoms with van der Waals surface area (Å²) in [5, 5.41) is 8.56. The molecule has 0 saturated heterocycles. The maximum Gasteiger partial charge on any atom is 0.166 e. The molecule has 0 amide bonds. The monoisotopic (exact) mass is 772 g/mol. The van der Waals surface area contributed by atoms with E-state index in [1.807, 2.05) is 11.3 Å². The molecule has 0 aliphatic carbocycles. The molecule has 4 nitrogen and oxygen atoms in total. The van der Waals surface area contributed by atoms with Crippen LogP contribution in [0, 0.1) is 0 Å². The minimum atomic E-state index is 0.839. The zero-order chi connectivity index (χ0) is 37.6. The van der Waals surface area contributed by atoms with Gasteiger partial charge in [0, 0.05) is 68.5 Å². The highest BCUT2D eigenvalue weighted by molar-refractivity contribution is 7.26. The maximum atomic E-state index is 5.68. The van der Waals surface area contributed by atoms with E-state index in [-0.39, 0.29) is 0 Å². The van der Waals surface area contributed by atoms with E-state index in [1.165, 1.54) is 85.4 Å². The standard InChI is InChI=1S/C52H28N4S2/c1-2-17-35-30(13-1)31-14-3-8-20-39(31)55-40-21-9-4-15-32(40)38-28-42-46(47(35)50(38)55)36-18-5-10-22-41(36)56(42)51-48(53-49-37-19-7-12-24-44(37)58-52(49)54-51)29-25-26-34-33-16-6-11-23-43(33)57-45(34)27-29/h1-28H. The fourth-order valence-corrected chi connectivity index (χ4v) is 12.0. The average Bonchev–Trinajstić information content (AvgIpc) is 4.00. The molecular weight excluding hydrogens is 745 g/mol. The number of para-hydroxylation sites is 3. The first-order chi connectivity index (χ1) is 28.8. The largest absolute Gasteiger partial charge is 0.308 e. The molecule has 0 saturated carbocycles. The number of aromatic nitrogens is 4. The lowest BCUT2D eigenvalue weighted by Crippen LogP contribution is -2.03. The van der Waals surface area contributed by atoms with E-state index >= 15 is 0 Å². The molecule has 58 heavy (non-hydrogen) atoms. The fourth-order valence-electron chi connectivity index (χ4n) is 9.88. The normalized spacial score (nSPS) is 12.5. The van der Waals surface area contributed by atoms with Gasteiger partial charge in [0.1, 0.15) is 16.0 Å². The Morgan fingerprint density at radius 1 is 0.414 bits per heavy atom. The van der Waals surface area contributed by atoms with Crippen molar-refractivity contribution < 1.29 is 0 Å². The van der Waals surface area contributed by atoms with E-state index in [4.69, 9.17) is 9.97 Å². The van der Waals surface area contributed by atoms with Crippen molar-refractivity contribution in [2.24, 2.45) is 0 Å². The second-order valence-electron chi connectivity index (χ2n) is 15.3. The molecule has 268 valence electrons. The van der Waals surface area contributed by atoms with Crippen LogP contribution in [-0.2, 0) is 0 Å². The summed E-state index contributed by atoms with van der Waals surface area (Å²) < 4.78 is 8.65. The lowest BCUT2D eigenvalue weighted by Gasteiger charge is -2.14. The molecule has 0 spiro atoms. The van der Waals surface area contributed by atoms with Crippen LogP contribution in [-0.4, -0.2) is 19.1 Å². The van der Waals surface area contributed by atoms with E-state index in [0.717, 1.165) is 43.8 Å². The summed E-state index contributed by atoms with van der Waals surface area (Å²) in [6.45, 7) is 0. The molecular formula is C52H28N4S2. The van der Waals surface area contributed by atoms with Gasteiger partial charge in [0.2, 0.25) is 0 Å². The summed E-state index contributed by atoms with van der Waals surface area (Å²) in [6.07, 6.45) is 0. The number of benzene rings is 8. The number of thiophene rings is 2. The predicted molar refractivity (Wildman–Crippen MR) is 246 cm³/mol. The van der Waals surface area contributed by atoms with Crippen LogP contribution in [0.3, 0.4) is 0 Å². The fraction of sp³-hybridized carbons (Fsp3) is 0. The van der Waals surface area contributed by atoms with Crippen LogP contribution in [0.25, 0.3) is 129 Å². The quantitative estimate of drug-likeness (QED) is 0.175. The predicted octanol–water partition coefficient (Wildman–Crippen LogP) is 14.7. The van der Waals surface area contributed by atoms with Crippen LogP contribution in [0.2, 0.25) is 0 Å². The third-order valence-corrected chi connectivity index (χ3v) is 14.5. The lowest BCUT2D eigenvalue weighted by molar-refractivity contribution is 1.09. The van der Waals surface area contributed by atoms with Gasteiger partial charge in [-0.2, -0.15) is 0 Å². The highest BCUT2D eigenvalue weighted by atomic mass is 32.1. The highest BCUT2D eigenvalue weighted by Crippen LogP contribution is 2.52. The first-order valence-corrected chi connectivity index (χ1v) is 21.2. The number of rotatable bonds is 2. The molecule has 6 heteroatoms. The van der Waals surface area contributed by atoms with Gasteiger partial charge in [-0.15, -0.1) is 22.7 Å². The zero-order valence-corrected chi connectivity index (χ0v) is 32.4. The van der Waals surface area contributed by atoms with Crippen LogP contribution in [0.5, 0.6) is 0 Å². The van der Waals surface area contributed by atoms with Crippen molar-refractivity contribution in [1.29, 1.82) is 0 Å². The van der Waals surface area contributed by atoms with Gasteiger partial charge < -0.3 is 4.57 Å². The number of nitrogens with zero attached hydrogens (tertiary/aromatic N) is 4. The Balaban J connectivity index is 1.18. The second kappa shape index (κ2) is 11.3. The Morgan fingerprint density at radius 2 is 1.05 bits per heavy atom. The molecule has 0 atom stereocenters. The smallest absolute Gasteiger partial charge is 0.166 e. The number of fused-ring (bicyclic) bond motifs is 18. The summed E-state index contributed by atoms with van der Waals surface area (Å²) in [6, 6.07) is 62.1. The number of hydrogen-bond donors (Lipinski definition) is 0. The van der Waals surface area contributed by atoms with E-state index in [1.54, 1.807) is 11.3 Å². The molecule has 6 heterocycles. The van der Waals surface area contributed by atoms with Crippen LogP contribution in [0.1, 0.15) is 0 Å². The van der Waals surface area contributed by atoms with Gasteiger partial charge in [0.05, 0.1) is 27.8 Å². The Morgan fingerprint density at radius 3 is 1.90 bits per heavy atom.